The number of benzene rings is 2. The molecule has 6 heteroatoms. The van der Waals surface area contributed by atoms with Crippen molar-refractivity contribution in [2.24, 2.45) is 0 Å². The topological polar surface area (TPSA) is 82.8 Å². The number of carbonyl (C=O) groups excluding carboxylic acids is 1. The van der Waals surface area contributed by atoms with Crippen molar-refractivity contribution in [1.82, 2.24) is 4.90 Å². The van der Waals surface area contributed by atoms with E-state index in [2.05, 4.69) is 6.07 Å². The van der Waals surface area contributed by atoms with Gasteiger partial charge in [0.1, 0.15) is 17.2 Å². The minimum absolute atomic E-state index is 0.0451. The molecule has 1 amide bonds. The van der Waals surface area contributed by atoms with Gasteiger partial charge in [-0.2, -0.15) is 5.26 Å². The number of hydrogen-bond acceptors (Lipinski definition) is 5. The summed E-state index contributed by atoms with van der Waals surface area (Å²) in [5.74, 6) is 1.05. The van der Waals surface area contributed by atoms with E-state index in [-0.39, 0.29) is 29.3 Å². The molecular weight excluding hydrogens is 392 g/mol. The van der Waals surface area contributed by atoms with Crippen molar-refractivity contribution in [1.29, 1.82) is 5.26 Å². The van der Waals surface area contributed by atoms with Gasteiger partial charge in [0.2, 0.25) is 0 Å². The maximum absolute atomic E-state index is 12.8. The molecule has 0 bridgehead atoms. The van der Waals surface area contributed by atoms with Crippen molar-refractivity contribution >= 4 is 5.91 Å². The minimum Gasteiger partial charge on any atom is -0.507 e. The number of rotatable bonds is 11. The van der Waals surface area contributed by atoms with E-state index in [1.54, 1.807) is 41.3 Å². The van der Waals surface area contributed by atoms with Crippen LogP contribution < -0.4 is 9.47 Å². The Hall–Kier alpha value is -3.20. The predicted octanol–water partition coefficient (Wildman–Crippen LogP) is 5.15. The Morgan fingerprint density at radius 1 is 0.935 bits per heavy atom. The van der Waals surface area contributed by atoms with Gasteiger partial charge in [-0.25, -0.2) is 0 Å². The second-order valence-electron chi connectivity index (χ2n) is 7.97. The molecule has 31 heavy (non-hydrogen) atoms. The van der Waals surface area contributed by atoms with Crippen LogP contribution in [0.5, 0.6) is 17.2 Å². The van der Waals surface area contributed by atoms with E-state index in [1.165, 1.54) is 6.07 Å². The number of phenolic OH excluding ortho intramolecular Hbond substituents is 1. The van der Waals surface area contributed by atoms with E-state index in [0.717, 1.165) is 25.0 Å². The molecule has 0 aliphatic rings. The Morgan fingerprint density at radius 2 is 1.48 bits per heavy atom. The van der Waals surface area contributed by atoms with Crippen molar-refractivity contribution in [2.75, 3.05) is 13.2 Å². The maximum atomic E-state index is 12.8. The van der Waals surface area contributed by atoms with Crippen molar-refractivity contribution < 1.29 is 19.4 Å². The van der Waals surface area contributed by atoms with Crippen molar-refractivity contribution in [2.45, 2.75) is 59.0 Å². The quantitative estimate of drug-likeness (QED) is 0.504. The minimum atomic E-state index is -0.184. The number of hydrogen-bond donors (Lipinski definition) is 1. The lowest BCUT2D eigenvalue weighted by molar-refractivity contribution is 0.0640. The van der Waals surface area contributed by atoms with Gasteiger partial charge in [0.25, 0.3) is 5.91 Å². The fraction of sp³-hybridized carbons (Fsp3) is 0.440. The van der Waals surface area contributed by atoms with E-state index in [1.807, 2.05) is 27.7 Å². The first-order chi connectivity index (χ1) is 14.8. The second kappa shape index (κ2) is 11.8. The number of nitriles is 1. The Morgan fingerprint density at radius 3 is 2.00 bits per heavy atom. The van der Waals surface area contributed by atoms with E-state index in [9.17, 15) is 9.90 Å². The number of carbonyl (C=O) groups is 1. The van der Waals surface area contributed by atoms with Gasteiger partial charge in [-0.1, -0.05) is 0 Å². The molecule has 0 heterocycles. The zero-order valence-electron chi connectivity index (χ0n) is 18.8. The highest BCUT2D eigenvalue weighted by Gasteiger charge is 2.24. The predicted molar refractivity (Wildman–Crippen MR) is 121 cm³/mol. The fourth-order valence-corrected chi connectivity index (χ4v) is 3.37. The molecule has 0 fully saturated rings. The molecule has 166 valence electrons. The molecule has 0 aromatic heterocycles. The molecule has 0 atom stereocenters. The Balaban J connectivity index is 1.73. The summed E-state index contributed by atoms with van der Waals surface area (Å²) in [6, 6.07) is 14.1. The lowest BCUT2D eigenvalue weighted by Gasteiger charge is -2.31. The van der Waals surface area contributed by atoms with Gasteiger partial charge >= 0.3 is 0 Å². The highest BCUT2D eigenvalue weighted by Crippen LogP contribution is 2.26. The van der Waals surface area contributed by atoms with Gasteiger partial charge < -0.3 is 19.5 Å². The maximum Gasteiger partial charge on any atom is 0.258 e. The fourth-order valence-electron chi connectivity index (χ4n) is 3.37. The summed E-state index contributed by atoms with van der Waals surface area (Å²) in [6.07, 6.45) is 2.69. The molecule has 6 nitrogen and oxygen atoms in total. The van der Waals surface area contributed by atoms with Crippen molar-refractivity contribution in [3.63, 3.8) is 0 Å². The van der Waals surface area contributed by atoms with Crippen molar-refractivity contribution in [3.8, 4) is 23.3 Å². The van der Waals surface area contributed by atoms with E-state index in [0.29, 0.717) is 24.5 Å². The largest absolute Gasteiger partial charge is 0.507 e. The first-order valence-electron chi connectivity index (χ1n) is 10.7. The molecule has 2 rings (SSSR count). The van der Waals surface area contributed by atoms with Gasteiger partial charge in [0, 0.05) is 18.2 Å². The molecule has 1 N–H and O–H groups in total. The Bertz CT molecular complexity index is 877. The van der Waals surface area contributed by atoms with E-state index in [4.69, 9.17) is 14.7 Å². The van der Waals surface area contributed by atoms with Crippen LogP contribution in [0, 0.1) is 11.3 Å². The standard InChI is InChI=1S/C25H32N2O4/c1-18(2)27(19(3)4)25(29)23-13-12-22(16-24(23)28)31-15-7-5-6-14-30-21-10-8-20(17-26)9-11-21/h8-13,16,18-19,28H,5-7,14-15H2,1-4H3. The Labute approximate surface area is 185 Å². The monoisotopic (exact) mass is 424 g/mol. The molecule has 0 radical (unpaired) electrons. The van der Waals surface area contributed by atoms with E-state index >= 15 is 0 Å². The summed E-state index contributed by atoms with van der Waals surface area (Å²) in [6.45, 7) is 8.97. The summed E-state index contributed by atoms with van der Waals surface area (Å²) < 4.78 is 11.4. The van der Waals surface area contributed by atoms with Crippen molar-refractivity contribution in [3.05, 3.63) is 53.6 Å². The van der Waals surface area contributed by atoms with Crippen LogP contribution in [0.3, 0.4) is 0 Å². The zero-order valence-corrected chi connectivity index (χ0v) is 18.8. The first-order valence-corrected chi connectivity index (χ1v) is 10.7. The first kappa shape index (κ1) is 24.1. The van der Waals surface area contributed by atoms with Crippen LogP contribution in [0.1, 0.15) is 62.9 Å². The van der Waals surface area contributed by atoms with Gasteiger partial charge in [-0.05, 0) is 83.4 Å². The number of phenols is 1. The number of amides is 1. The van der Waals surface area contributed by atoms with Crippen LogP contribution in [-0.4, -0.2) is 41.2 Å². The SMILES string of the molecule is CC(C)N(C(=O)c1ccc(OCCCCCOc2ccc(C#N)cc2)cc1O)C(C)C. The molecule has 2 aromatic rings. The molecule has 0 spiro atoms. The molecule has 0 saturated heterocycles. The summed E-state index contributed by atoms with van der Waals surface area (Å²) in [7, 11) is 0. The number of unbranched alkanes of at least 4 members (excludes halogenated alkanes) is 2. The van der Waals surface area contributed by atoms with Gasteiger partial charge in [0.15, 0.2) is 0 Å². The van der Waals surface area contributed by atoms with Crippen LogP contribution in [-0.2, 0) is 0 Å². The average molecular weight is 425 g/mol. The number of ether oxygens (including phenoxy) is 2. The van der Waals surface area contributed by atoms with Gasteiger partial charge in [-0.3, -0.25) is 4.79 Å². The van der Waals surface area contributed by atoms with Crippen LogP contribution in [0.25, 0.3) is 0 Å². The van der Waals surface area contributed by atoms with E-state index < -0.39 is 0 Å². The summed E-state index contributed by atoms with van der Waals surface area (Å²) in [5, 5.41) is 19.1. The summed E-state index contributed by atoms with van der Waals surface area (Å²) in [5.41, 5.74) is 0.903. The van der Waals surface area contributed by atoms with Crippen LogP contribution >= 0.6 is 0 Å². The Kier molecular flexibility index (Phi) is 9.20. The highest BCUT2D eigenvalue weighted by molar-refractivity contribution is 5.97. The molecular formula is C25H32N2O4. The molecule has 0 aliphatic carbocycles. The van der Waals surface area contributed by atoms with Crippen LogP contribution in [0.2, 0.25) is 0 Å². The molecule has 0 saturated carbocycles. The summed E-state index contributed by atoms with van der Waals surface area (Å²) >= 11 is 0. The molecule has 0 aliphatic heterocycles. The third kappa shape index (κ3) is 7.21. The normalized spacial score (nSPS) is 10.7. The average Bonchev–Trinajstić information content (AvgIpc) is 2.73. The second-order valence-corrected chi connectivity index (χ2v) is 7.97. The van der Waals surface area contributed by atoms with Gasteiger partial charge in [0.05, 0.1) is 30.4 Å². The zero-order chi connectivity index (χ0) is 22.8. The number of nitrogens with zero attached hydrogens (tertiary/aromatic N) is 2. The van der Waals surface area contributed by atoms with Crippen LogP contribution in [0.4, 0.5) is 0 Å². The smallest absolute Gasteiger partial charge is 0.258 e. The summed E-state index contributed by atoms with van der Waals surface area (Å²) in [4.78, 5) is 14.5. The van der Waals surface area contributed by atoms with Crippen LogP contribution in [0.15, 0.2) is 42.5 Å². The molecule has 2 aromatic carbocycles. The third-order valence-electron chi connectivity index (χ3n) is 4.86. The third-order valence-corrected chi connectivity index (χ3v) is 4.86. The lowest BCUT2D eigenvalue weighted by Crippen LogP contribution is -2.42. The lowest BCUT2D eigenvalue weighted by atomic mass is 10.1. The highest BCUT2D eigenvalue weighted by atomic mass is 16.5. The van der Waals surface area contributed by atoms with Gasteiger partial charge in [-0.15, -0.1) is 0 Å². The number of aromatic hydroxyl groups is 1. The molecule has 0 unspecified atom stereocenters.